The first-order valence-electron chi connectivity index (χ1n) is 5.87. The smallest absolute Gasteiger partial charge is 0.308 e. The number of aliphatic carboxylic acids is 1. The molecule has 0 radical (unpaired) electrons. The van der Waals surface area contributed by atoms with E-state index in [-0.39, 0.29) is 18.4 Å². The molecule has 1 atom stereocenters. The average molecular weight is 253 g/mol. The van der Waals surface area contributed by atoms with Crippen LogP contribution in [0.3, 0.4) is 0 Å². The molecule has 0 saturated heterocycles. The van der Waals surface area contributed by atoms with Gasteiger partial charge in [-0.3, -0.25) is 14.7 Å². The van der Waals surface area contributed by atoms with Crippen LogP contribution in [0.15, 0.2) is 0 Å². The summed E-state index contributed by atoms with van der Waals surface area (Å²) in [6, 6.07) is 0. The van der Waals surface area contributed by atoms with Crippen LogP contribution in [0.25, 0.3) is 0 Å². The first-order valence-corrected chi connectivity index (χ1v) is 5.87. The van der Waals surface area contributed by atoms with Crippen LogP contribution < -0.4 is 5.32 Å². The van der Waals surface area contributed by atoms with Gasteiger partial charge in [-0.2, -0.15) is 5.10 Å². The zero-order chi connectivity index (χ0) is 13.9. The van der Waals surface area contributed by atoms with Gasteiger partial charge in [0.1, 0.15) is 0 Å². The van der Waals surface area contributed by atoms with Gasteiger partial charge in [-0.15, -0.1) is 0 Å². The van der Waals surface area contributed by atoms with E-state index < -0.39 is 11.9 Å². The Balaban J connectivity index is 2.69. The third-order valence-electron chi connectivity index (χ3n) is 2.96. The predicted octanol–water partition coefficient (Wildman–Crippen LogP) is 1.11. The molecule has 0 fully saturated rings. The molecule has 0 aliphatic carbocycles. The summed E-state index contributed by atoms with van der Waals surface area (Å²) < 4.78 is 0. The minimum atomic E-state index is -0.897. The Hall–Kier alpha value is -1.85. The van der Waals surface area contributed by atoms with Gasteiger partial charge in [0.15, 0.2) is 0 Å². The molecule has 1 heterocycles. The summed E-state index contributed by atoms with van der Waals surface area (Å²) in [6.07, 6.45) is 0. The molecule has 0 saturated carbocycles. The molecule has 1 aromatic rings. The van der Waals surface area contributed by atoms with Crippen LogP contribution in [0.4, 0.5) is 0 Å². The molecule has 1 rings (SSSR count). The van der Waals surface area contributed by atoms with Crippen LogP contribution >= 0.6 is 0 Å². The SMILES string of the molecule is Cc1n[nH]c(C)c1C(=O)NCC(C(=O)O)C(C)C. The quantitative estimate of drug-likeness (QED) is 0.732. The second kappa shape index (κ2) is 5.66. The number of amides is 1. The first kappa shape index (κ1) is 14.2. The van der Waals surface area contributed by atoms with Crippen LogP contribution in [-0.4, -0.2) is 33.7 Å². The van der Waals surface area contributed by atoms with Gasteiger partial charge in [-0.25, -0.2) is 0 Å². The van der Waals surface area contributed by atoms with Gasteiger partial charge in [-0.1, -0.05) is 13.8 Å². The van der Waals surface area contributed by atoms with Crippen molar-refractivity contribution in [1.82, 2.24) is 15.5 Å². The molecule has 100 valence electrons. The standard InChI is InChI=1S/C12H19N3O3/c1-6(2)9(12(17)18)5-13-11(16)10-7(3)14-15-8(10)4/h6,9H,5H2,1-4H3,(H,13,16)(H,14,15)(H,17,18). The molecule has 0 aliphatic heterocycles. The van der Waals surface area contributed by atoms with Gasteiger partial charge in [0.05, 0.1) is 17.2 Å². The predicted molar refractivity (Wildman–Crippen MR) is 66.4 cm³/mol. The maximum Gasteiger partial charge on any atom is 0.308 e. The molecule has 1 unspecified atom stereocenters. The number of aromatic nitrogens is 2. The summed E-state index contributed by atoms with van der Waals surface area (Å²) >= 11 is 0. The fourth-order valence-corrected chi connectivity index (χ4v) is 1.78. The summed E-state index contributed by atoms with van der Waals surface area (Å²) in [7, 11) is 0. The Morgan fingerprint density at radius 1 is 1.39 bits per heavy atom. The van der Waals surface area contributed by atoms with Crippen LogP contribution in [0.1, 0.15) is 35.6 Å². The lowest BCUT2D eigenvalue weighted by Gasteiger charge is -2.16. The number of hydrogen-bond acceptors (Lipinski definition) is 3. The third-order valence-corrected chi connectivity index (χ3v) is 2.96. The fourth-order valence-electron chi connectivity index (χ4n) is 1.78. The van der Waals surface area contributed by atoms with Crippen LogP contribution in [0.2, 0.25) is 0 Å². The maximum atomic E-state index is 11.9. The molecule has 6 heteroatoms. The number of aryl methyl sites for hydroxylation is 2. The van der Waals surface area contributed by atoms with Crippen LogP contribution in [0, 0.1) is 25.7 Å². The van der Waals surface area contributed by atoms with E-state index in [0.717, 1.165) is 0 Å². The molecule has 3 N–H and O–H groups in total. The van der Waals surface area contributed by atoms with Crippen molar-refractivity contribution in [2.24, 2.45) is 11.8 Å². The van der Waals surface area contributed by atoms with Crippen molar-refractivity contribution in [1.29, 1.82) is 0 Å². The number of aromatic amines is 1. The fraction of sp³-hybridized carbons (Fsp3) is 0.583. The van der Waals surface area contributed by atoms with E-state index in [1.165, 1.54) is 0 Å². The Morgan fingerprint density at radius 2 is 2.00 bits per heavy atom. The minimum absolute atomic E-state index is 0.0330. The van der Waals surface area contributed by atoms with E-state index >= 15 is 0 Å². The van der Waals surface area contributed by atoms with Crippen molar-refractivity contribution in [3.05, 3.63) is 17.0 Å². The van der Waals surface area contributed by atoms with Gasteiger partial charge in [0, 0.05) is 12.2 Å². The van der Waals surface area contributed by atoms with Gasteiger partial charge in [0.2, 0.25) is 0 Å². The van der Waals surface area contributed by atoms with Gasteiger partial charge in [0.25, 0.3) is 5.91 Å². The monoisotopic (exact) mass is 253 g/mol. The Bertz CT molecular complexity index is 432. The van der Waals surface area contributed by atoms with Crippen molar-refractivity contribution in [3.8, 4) is 0 Å². The molecule has 0 aromatic carbocycles. The van der Waals surface area contributed by atoms with E-state index in [1.807, 2.05) is 13.8 Å². The zero-order valence-electron chi connectivity index (χ0n) is 11.1. The van der Waals surface area contributed by atoms with Crippen LogP contribution in [0.5, 0.6) is 0 Å². The molecular formula is C12H19N3O3. The van der Waals surface area contributed by atoms with Gasteiger partial charge in [-0.05, 0) is 19.8 Å². The highest BCUT2D eigenvalue weighted by molar-refractivity contribution is 5.96. The molecular weight excluding hydrogens is 234 g/mol. The molecule has 0 aliphatic rings. The highest BCUT2D eigenvalue weighted by Gasteiger charge is 2.23. The van der Waals surface area contributed by atoms with Gasteiger partial charge < -0.3 is 10.4 Å². The third kappa shape index (κ3) is 3.09. The van der Waals surface area contributed by atoms with E-state index in [2.05, 4.69) is 15.5 Å². The topological polar surface area (TPSA) is 95.1 Å². The van der Waals surface area contributed by atoms with Crippen molar-refractivity contribution < 1.29 is 14.7 Å². The minimum Gasteiger partial charge on any atom is -0.481 e. The van der Waals surface area contributed by atoms with Gasteiger partial charge >= 0.3 is 5.97 Å². The number of H-pyrrole nitrogens is 1. The van der Waals surface area contributed by atoms with Crippen molar-refractivity contribution in [3.63, 3.8) is 0 Å². The second-order valence-corrected chi connectivity index (χ2v) is 4.71. The average Bonchev–Trinajstić information content (AvgIpc) is 2.57. The van der Waals surface area contributed by atoms with Crippen molar-refractivity contribution in [2.45, 2.75) is 27.7 Å². The lowest BCUT2D eigenvalue weighted by atomic mass is 9.96. The van der Waals surface area contributed by atoms with Crippen molar-refractivity contribution in [2.75, 3.05) is 6.54 Å². The molecule has 1 aromatic heterocycles. The molecule has 6 nitrogen and oxygen atoms in total. The van der Waals surface area contributed by atoms with E-state index in [0.29, 0.717) is 17.0 Å². The first-order chi connectivity index (χ1) is 8.34. The van der Waals surface area contributed by atoms with Crippen molar-refractivity contribution >= 4 is 11.9 Å². The molecule has 18 heavy (non-hydrogen) atoms. The number of carbonyl (C=O) groups excluding carboxylic acids is 1. The highest BCUT2D eigenvalue weighted by atomic mass is 16.4. The lowest BCUT2D eigenvalue weighted by Crippen LogP contribution is -2.35. The summed E-state index contributed by atoms with van der Waals surface area (Å²) in [6.45, 7) is 7.25. The number of carboxylic acids is 1. The highest BCUT2D eigenvalue weighted by Crippen LogP contribution is 2.12. The molecule has 1 amide bonds. The maximum absolute atomic E-state index is 11.9. The Morgan fingerprint density at radius 3 is 2.39 bits per heavy atom. The number of hydrogen-bond donors (Lipinski definition) is 3. The Labute approximate surface area is 106 Å². The second-order valence-electron chi connectivity index (χ2n) is 4.71. The summed E-state index contributed by atoms with van der Waals surface area (Å²) in [5.41, 5.74) is 1.78. The van der Waals surface area contributed by atoms with E-state index in [9.17, 15) is 9.59 Å². The van der Waals surface area contributed by atoms with Crippen LogP contribution in [-0.2, 0) is 4.79 Å². The molecule has 0 spiro atoms. The summed E-state index contributed by atoms with van der Waals surface area (Å²) in [5.74, 6) is -1.80. The normalized spacial score (nSPS) is 12.5. The number of nitrogens with one attached hydrogen (secondary N) is 2. The van der Waals surface area contributed by atoms with E-state index in [1.54, 1.807) is 13.8 Å². The number of rotatable bonds is 5. The Kier molecular flexibility index (Phi) is 4.47. The largest absolute Gasteiger partial charge is 0.481 e. The molecule has 0 bridgehead atoms. The number of carboxylic acid groups (broad SMARTS) is 1. The number of nitrogens with zero attached hydrogens (tertiary/aromatic N) is 1. The van der Waals surface area contributed by atoms with E-state index in [4.69, 9.17) is 5.11 Å². The summed E-state index contributed by atoms with van der Waals surface area (Å²) in [5, 5.41) is 18.3. The summed E-state index contributed by atoms with van der Waals surface area (Å²) in [4.78, 5) is 22.9. The lowest BCUT2D eigenvalue weighted by molar-refractivity contribution is -0.142. The zero-order valence-corrected chi connectivity index (χ0v) is 11.1. The number of carbonyl (C=O) groups is 2.